The zero-order chi connectivity index (χ0) is 21.5. The van der Waals surface area contributed by atoms with E-state index >= 15 is 0 Å². The van der Waals surface area contributed by atoms with Gasteiger partial charge in [0.05, 0.1) is 26.4 Å². The van der Waals surface area contributed by atoms with Gasteiger partial charge in [-0.3, -0.25) is 14.7 Å². The molecular weight excluding hydrogens is 410 g/mol. The molecule has 31 heavy (non-hydrogen) atoms. The second-order valence-electron chi connectivity index (χ2n) is 7.66. The molecule has 1 fully saturated rings. The monoisotopic (exact) mass is 437 g/mol. The van der Waals surface area contributed by atoms with Gasteiger partial charge in [-0.2, -0.15) is 0 Å². The molecule has 1 atom stereocenters. The standard InChI is InChI=1S/C24H27N3O3S/c1-29-21-6-4-19(5-7-21)13-27-15-22(30-18-20-8-10-25-11-9-20)14-26(17-24(27)28)16-23-3-2-12-31-23/h2-12,22H,13-18H2,1H3. The van der Waals surface area contributed by atoms with E-state index in [0.717, 1.165) is 23.4 Å². The number of carbonyl (C=O) groups is 1. The van der Waals surface area contributed by atoms with E-state index in [1.54, 1.807) is 30.8 Å². The molecular formula is C24H27N3O3S. The van der Waals surface area contributed by atoms with Crippen molar-refractivity contribution in [2.75, 3.05) is 26.7 Å². The summed E-state index contributed by atoms with van der Waals surface area (Å²) in [5.74, 6) is 0.939. The van der Waals surface area contributed by atoms with Crippen LogP contribution in [0.15, 0.2) is 66.3 Å². The normalized spacial score (nSPS) is 17.5. The van der Waals surface area contributed by atoms with Crippen LogP contribution in [-0.2, 0) is 29.2 Å². The third kappa shape index (κ3) is 6.13. The number of hydrogen-bond acceptors (Lipinski definition) is 6. The number of methoxy groups -OCH3 is 1. The first-order valence-electron chi connectivity index (χ1n) is 10.4. The lowest BCUT2D eigenvalue weighted by molar-refractivity contribution is -0.132. The SMILES string of the molecule is COc1ccc(CN2CC(OCc3ccncc3)CN(Cc3cccs3)CC2=O)cc1. The Bertz CT molecular complexity index is 948. The van der Waals surface area contributed by atoms with Gasteiger partial charge in [0, 0.05) is 43.4 Å². The van der Waals surface area contributed by atoms with Gasteiger partial charge in [-0.05, 0) is 46.8 Å². The van der Waals surface area contributed by atoms with Gasteiger partial charge in [0.25, 0.3) is 0 Å². The molecule has 4 rings (SSSR count). The van der Waals surface area contributed by atoms with Gasteiger partial charge in [0.2, 0.25) is 5.91 Å². The quantitative estimate of drug-likeness (QED) is 0.539. The summed E-state index contributed by atoms with van der Waals surface area (Å²) in [7, 11) is 1.65. The van der Waals surface area contributed by atoms with E-state index in [9.17, 15) is 4.79 Å². The molecule has 0 aliphatic carbocycles. The van der Waals surface area contributed by atoms with E-state index in [1.807, 2.05) is 47.4 Å². The lowest BCUT2D eigenvalue weighted by Crippen LogP contribution is -2.37. The number of benzene rings is 1. The van der Waals surface area contributed by atoms with E-state index in [-0.39, 0.29) is 12.0 Å². The van der Waals surface area contributed by atoms with Crippen LogP contribution in [0.3, 0.4) is 0 Å². The summed E-state index contributed by atoms with van der Waals surface area (Å²) in [6, 6.07) is 16.0. The van der Waals surface area contributed by atoms with E-state index in [4.69, 9.17) is 9.47 Å². The summed E-state index contributed by atoms with van der Waals surface area (Å²) in [6.45, 7) is 3.50. The largest absolute Gasteiger partial charge is 0.497 e. The Balaban J connectivity index is 1.47. The van der Waals surface area contributed by atoms with Gasteiger partial charge in [-0.1, -0.05) is 18.2 Å². The molecule has 6 nitrogen and oxygen atoms in total. The number of rotatable bonds is 8. The highest BCUT2D eigenvalue weighted by Crippen LogP contribution is 2.19. The maximum absolute atomic E-state index is 13.1. The molecule has 162 valence electrons. The Morgan fingerprint density at radius 2 is 1.84 bits per heavy atom. The smallest absolute Gasteiger partial charge is 0.237 e. The van der Waals surface area contributed by atoms with Crippen LogP contribution in [0.1, 0.15) is 16.0 Å². The van der Waals surface area contributed by atoms with Crippen LogP contribution in [0.4, 0.5) is 0 Å². The molecule has 0 bridgehead atoms. The number of ether oxygens (including phenoxy) is 2. The number of nitrogens with zero attached hydrogens (tertiary/aromatic N) is 3. The molecule has 1 unspecified atom stereocenters. The van der Waals surface area contributed by atoms with Gasteiger partial charge >= 0.3 is 0 Å². The molecule has 1 aliphatic rings. The molecule has 1 aliphatic heterocycles. The Morgan fingerprint density at radius 1 is 1.03 bits per heavy atom. The van der Waals surface area contributed by atoms with Gasteiger partial charge in [0.1, 0.15) is 5.75 Å². The number of pyridine rings is 1. The number of aromatic nitrogens is 1. The van der Waals surface area contributed by atoms with Crippen molar-refractivity contribution in [1.29, 1.82) is 0 Å². The first kappa shape index (κ1) is 21.5. The molecule has 0 spiro atoms. The number of carbonyl (C=O) groups excluding carboxylic acids is 1. The maximum Gasteiger partial charge on any atom is 0.237 e. The van der Waals surface area contributed by atoms with Crippen molar-refractivity contribution in [2.24, 2.45) is 0 Å². The lowest BCUT2D eigenvalue weighted by Gasteiger charge is -2.25. The van der Waals surface area contributed by atoms with Crippen LogP contribution in [0.2, 0.25) is 0 Å². The van der Waals surface area contributed by atoms with Gasteiger partial charge in [-0.25, -0.2) is 0 Å². The van der Waals surface area contributed by atoms with Crippen LogP contribution in [0.5, 0.6) is 5.75 Å². The molecule has 1 amide bonds. The Hall–Kier alpha value is -2.74. The average molecular weight is 438 g/mol. The highest BCUT2D eigenvalue weighted by atomic mass is 32.1. The summed E-state index contributed by atoms with van der Waals surface area (Å²) >= 11 is 1.72. The second-order valence-corrected chi connectivity index (χ2v) is 8.69. The fourth-order valence-corrected chi connectivity index (χ4v) is 4.44. The lowest BCUT2D eigenvalue weighted by atomic mass is 10.2. The summed E-state index contributed by atoms with van der Waals surface area (Å²) in [5.41, 5.74) is 2.16. The van der Waals surface area contributed by atoms with Crippen molar-refractivity contribution in [3.63, 3.8) is 0 Å². The third-order valence-electron chi connectivity index (χ3n) is 5.32. The van der Waals surface area contributed by atoms with Crippen molar-refractivity contribution in [3.8, 4) is 5.75 Å². The second kappa shape index (κ2) is 10.5. The van der Waals surface area contributed by atoms with Crippen LogP contribution in [0, 0.1) is 0 Å². The van der Waals surface area contributed by atoms with Crippen molar-refractivity contribution in [1.82, 2.24) is 14.8 Å². The van der Waals surface area contributed by atoms with Gasteiger partial charge in [0.15, 0.2) is 0 Å². The maximum atomic E-state index is 13.1. The summed E-state index contributed by atoms with van der Waals surface area (Å²) in [4.78, 5) is 22.5. The number of thiophene rings is 1. The highest BCUT2D eigenvalue weighted by molar-refractivity contribution is 7.09. The van der Waals surface area contributed by atoms with Crippen LogP contribution >= 0.6 is 11.3 Å². The number of amides is 1. The minimum Gasteiger partial charge on any atom is -0.497 e. The predicted octanol–water partition coefficient (Wildman–Crippen LogP) is 3.58. The van der Waals surface area contributed by atoms with Crippen LogP contribution < -0.4 is 4.74 Å². The molecule has 1 aromatic carbocycles. The predicted molar refractivity (Wildman–Crippen MR) is 121 cm³/mol. The van der Waals surface area contributed by atoms with Crippen molar-refractivity contribution < 1.29 is 14.3 Å². The fourth-order valence-electron chi connectivity index (χ4n) is 3.70. The van der Waals surface area contributed by atoms with Crippen molar-refractivity contribution in [3.05, 3.63) is 82.3 Å². The molecule has 0 saturated carbocycles. The molecule has 0 radical (unpaired) electrons. The summed E-state index contributed by atoms with van der Waals surface area (Å²) in [5, 5.41) is 2.07. The topological polar surface area (TPSA) is 54.9 Å². The van der Waals surface area contributed by atoms with E-state index in [2.05, 4.69) is 21.3 Å². The van der Waals surface area contributed by atoms with Gasteiger partial charge in [-0.15, -0.1) is 11.3 Å². The zero-order valence-corrected chi connectivity index (χ0v) is 18.5. The van der Waals surface area contributed by atoms with Crippen molar-refractivity contribution in [2.45, 2.75) is 25.8 Å². The minimum atomic E-state index is -0.0715. The minimum absolute atomic E-state index is 0.0715. The van der Waals surface area contributed by atoms with E-state index in [1.165, 1.54) is 4.88 Å². The highest BCUT2D eigenvalue weighted by Gasteiger charge is 2.28. The molecule has 3 heterocycles. The van der Waals surface area contributed by atoms with Crippen LogP contribution in [-0.4, -0.2) is 53.5 Å². The Morgan fingerprint density at radius 3 is 2.55 bits per heavy atom. The van der Waals surface area contributed by atoms with E-state index < -0.39 is 0 Å². The molecule has 3 aromatic rings. The first-order chi connectivity index (χ1) is 15.2. The zero-order valence-electron chi connectivity index (χ0n) is 17.6. The third-order valence-corrected chi connectivity index (χ3v) is 6.19. The molecule has 0 N–H and O–H groups in total. The summed E-state index contributed by atoms with van der Waals surface area (Å²) in [6.07, 6.45) is 3.47. The average Bonchev–Trinajstić information content (AvgIpc) is 3.26. The number of hydrogen-bond donors (Lipinski definition) is 0. The first-order valence-corrected chi connectivity index (χ1v) is 11.2. The van der Waals surface area contributed by atoms with Gasteiger partial charge < -0.3 is 14.4 Å². The molecule has 7 heteroatoms. The summed E-state index contributed by atoms with van der Waals surface area (Å²) < 4.78 is 11.5. The van der Waals surface area contributed by atoms with Crippen LogP contribution in [0.25, 0.3) is 0 Å². The van der Waals surface area contributed by atoms with Crippen molar-refractivity contribution >= 4 is 17.2 Å². The fraction of sp³-hybridized carbons (Fsp3) is 0.333. The van der Waals surface area contributed by atoms with E-state index in [0.29, 0.717) is 32.8 Å². The Labute approximate surface area is 187 Å². The molecule has 2 aromatic heterocycles. The Kier molecular flexibility index (Phi) is 7.30. The molecule has 1 saturated heterocycles.